The van der Waals surface area contributed by atoms with Gasteiger partial charge in [0.25, 0.3) is 23.6 Å². The number of halogens is 1. The molecule has 0 aliphatic carbocycles. The summed E-state index contributed by atoms with van der Waals surface area (Å²) in [5.74, 6) is -1.58. The summed E-state index contributed by atoms with van der Waals surface area (Å²) < 4.78 is 12.4. The lowest BCUT2D eigenvalue weighted by Crippen LogP contribution is -2.36. The molecule has 1 atom stereocenters. The number of aromatic nitrogens is 1. The Kier molecular flexibility index (Phi) is 12.9. The maximum atomic E-state index is 14.8. The second-order valence-corrected chi connectivity index (χ2v) is 16.7. The number of alkyl halides is 1. The van der Waals surface area contributed by atoms with Gasteiger partial charge in [-0.1, -0.05) is 55.0 Å². The topological polar surface area (TPSA) is 211 Å². The third kappa shape index (κ3) is 8.52. The van der Waals surface area contributed by atoms with Crippen LogP contribution in [0.2, 0.25) is 0 Å². The Bertz CT molecular complexity index is 2620. The first kappa shape index (κ1) is 43.2. The van der Waals surface area contributed by atoms with Crippen molar-refractivity contribution >= 4 is 91.3 Å². The summed E-state index contributed by atoms with van der Waals surface area (Å²) in [5, 5.41) is 5.71. The van der Waals surface area contributed by atoms with Crippen LogP contribution in [0.1, 0.15) is 63.7 Å². The number of carbonyl (C=O) groups excluding carboxylic acids is 5. The van der Waals surface area contributed by atoms with Crippen molar-refractivity contribution in [3.8, 4) is 11.5 Å². The van der Waals surface area contributed by atoms with Crippen molar-refractivity contribution in [2.24, 2.45) is 0 Å². The number of hydrogen-bond donors (Lipinski definition) is 5. The summed E-state index contributed by atoms with van der Waals surface area (Å²) in [4.78, 5) is 110. The fraction of sp³-hybridized carbons (Fsp3) is 0.279. The van der Waals surface area contributed by atoms with Gasteiger partial charge in [0.2, 0.25) is 5.91 Å². The van der Waals surface area contributed by atoms with E-state index in [1.165, 1.54) is 12.2 Å². The number of unbranched alkanes of at least 4 members (excludes halogenated alkanes) is 2. The Morgan fingerprint density at radius 3 is 1.94 bits per heavy atom. The predicted octanol–water partition coefficient (Wildman–Crippen LogP) is 5.76. The van der Waals surface area contributed by atoms with Crippen molar-refractivity contribution in [2.75, 3.05) is 41.9 Å². The normalized spacial score (nSPS) is 15.7. The zero-order valence-corrected chi connectivity index (χ0v) is 35.7. The van der Waals surface area contributed by atoms with Gasteiger partial charge < -0.3 is 48.3 Å². The maximum Gasteiger partial charge on any atom is 0.391 e. The Morgan fingerprint density at radius 1 is 0.726 bits per heavy atom. The minimum atomic E-state index is -2.79. The molecule has 3 aliphatic rings. The highest BCUT2D eigenvalue weighted by atomic mass is 35.5. The van der Waals surface area contributed by atoms with E-state index in [4.69, 9.17) is 20.6 Å². The number of benzene rings is 4. The highest BCUT2D eigenvalue weighted by molar-refractivity contribution is 7.40. The van der Waals surface area contributed by atoms with Crippen LogP contribution < -0.4 is 24.2 Å². The summed E-state index contributed by atoms with van der Waals surface area (Å²) in [6.45, 7) is 0.844. The second-order valence-electron chi connectivity index (χ2n) is 15.0. The predicted molar refractivity (Wildman–Crippen MR) is 234 cm³/mol. The van der Waals surface area contributed by atoms with Gasteiger partial charge in [-0.25, -0.2) is 0 Å². The van der Waals surface area contributed by atoms with Crippen molar-refractivity contribution in [1.82, 2.24) is 14.8 Å². The van der Waals surface area contributed by atoms with Crippen molar-refractivity contribution in [1.29, 1.82) is 0 Å². The fourth-order valence-corrected chi connectivity index (χ4v) is 9.55. The van der Waals surface area contributed by atoms with Crippen LogP contribution in [-0.2, 0) is 27.3 Å². The molecule has 16 nitrogen and oxygen atoms in total. The average Bonchev–Trinajstić information content (AvgIpc) is 4.04. The molecule has 4 aromatic carbocycles. The number of imide groups is 1. The van der Waals surface area contributed by atoms with Gasteiger partial charge in [-0.05, 0) is 53.3 Å². The summed E-state index contributed by atoms with van der Waals surface area (Å²) in [6, 6.07) is 20.9. The highest BCUT2D eigenvalue weighted by Gasteiger charge is 2.38. The van der Waals surface area contributed by atoms with E-state index in [2.05, 4.69) is 5.32 Å². The van der Waals surface area contributed by atoms with Crippen molar-refractivity contribution < 1.29 is 52.6 Å². The first-order valence-corrected chi connectivity index (χ1v) is 22.8. The molecule has 62 heavy (non-hydrogen) atoms. The monoisotopic (exact) mass is 901 g/mol. The van der Waals surface area contributed by atoms with Crippen molar-refractivity contribution in [3.05, 3.63) is 107 Å². The van der Waals surface area contributed by atoms with Crippen molar-refractivity contribution in [3.63, 3.8) is 0 Å². The molecule has 1 aromatic heterocycles. The SMILES string of the molecule is O=C(CCCCCN1C(=O)C=CC1=O)NCCn1c(C(=O)N2CCc3c2cc(OP(O)O)c2ccccc32)ccc1C(=O)N1CC(CCl)c2c1cc(OP(O)O)c1ccccc21. The quantitative estimate of drug-likeness (QED) is 0.0348. The number of hydrogen-bond acceptors (Lipinski definition) is 11. The summed E-state index contributed by atoms with van der Waals surface area (Å²) in [6.07, 6.45) is 4.83. The molecule has 0 saturated carbocycles. The van der Waals surface area contributed by atoms with Gasteiger partial charge >= 0.3 is 17.2 Å². The lowest BCUT2D eigenvalue weighted by atomic mass is 9.95. The van der Waals surface area contributed by atoms with E-state index < -0.39 is 29.0 Å². The summed E-state index contributed by atoms with van der Waals surface area (Å²) in [7, 11) is -5.55. The number of nitrogens with one attached hydrogen (secondary N) is 1. The van der Waals surface area contributed by atoms with E-state index in [1.807, 2.05) is 30.3 Å². The van der Waals surface area contributed by atoms with E-state index in [0.717, 1.165) is 26.8 Å². The molecule has 1 unspecified atom stereocenters. The molecule has 5 amide bonds. The molecule has 5 aromatic rings. The van der Waals surface area contributed by atoms with E-state index in [9.17, 15) is 43.5 Å². The van der Waals surface area contributed by atoms with Crippen LogP contribution in [0.25, 0.3) is 21.5 Å². The third-order valence-electron chi connectivity index (χ3n) is 11.4. The smallest absolute Gasteiger partial charge is 0.391 e. The molecule has 0 spiro atoms. The standard InChI is InChI=1S/C43H42ClN5O11P2/c44-24-26-25-49(35-23-37(60-62(57)58)30-10-5-6-11-31(30)41(26)35)43(54)33-14-13-32(46(33)21-18-45-38(50)12-2-1-7-19-48-39(51)15-16-40(48)52)42(53)47-20-17-28-27-8-3-4-9-29(27)36(22-34(28)47)59-61(55)56/h3-6,8-11,13-16,22-23,26,55-58H,1-2,7,12,17-21,24-25H2,(H,45,50). The highest BCUT2D eigenvalue weighted by Crippen LogP contribution is 2.48. The summed E-state index contributed by atoms with van der Waals surface area (Å²) in [5.41, 5.74) is 2.98. The van der Waals surface area contributed by atoms with Gasteiger partial charge in [-0.2, -0.15) is 0 Å². The number of anilines is 2. The number of amides is 5. The Balaban J connectivity index is 1.08. The van der Waals surface area contributed by atoms with Crippen LogP contribution in [0.4, 0.5) is 11.4 Å². The average molecular weight is 902 g/mol. The molecule has 0 fully saturated rings. The van der Waals surface area contributed by atoms with Gasteiger partial charge in [0, 0.05) is 86.0 Å². The maximum absolute atomic E-state index is 14.8. The second kappa shape index (κ2) is 18.5. The lowest BCUT2D eigenvalue weighted by molar-refractivity contribution is -0.137. The largest absolute Gasteiger partial charge is 0.426 e. The minimum Gasteiger partial charge on any atom is -0.426 e. The van der Waals surface area contributed by atoms with Crippen LogP contribution in [0, 0.1) is 0 Å². The van der Waals surface area contributed by atoms with Crippen LogP contribution in [-0.4, -0.2) is 90.6 Å². The molecule has 322 valence electrons. The lowest BCUT2D eigenvalue weighted by Gasteiger charge is -2.23. The van der Waals surface area contributed by atoms with Gasteiger partial charge in [-0.3, -0.25) is 28.9 Å². The molecular formula is C43H42ClN5O11P2. The summed E-state index contributed by atoms with van der Waals surface area (Å²) >= 11 is 6.53. The molecule has 0 saturated heterocycles. The molecule has 8 rings (SSSR count). The molecule has 0 bridgehead atoms. The number of rotatable bonds is 16. The zero-order chi connectivity index (χ0) is 43.7. The van der Waals surface area contributed by atoms with E-state index in [1.54, 1.807) is 56.8 Å². The van der Waals surface area contributed by atoms with Crippen LogP contribution >= 0.6 is 28.8 Å². The first-order chi connectivity index (χ1) is 29.9. The minimum absolute atomic E-state index is 0.0319. The van der Waals surface area contributed by atoms with E-state index in [-0.39, 0.29) is 85.0 Å². The first-order valence-electron chi connectivity index (χ1n) is 20.0. The van der Waals surface area contributed by atoms with Gasteiger partial charge in [0.15, 0.2) is 0 Å². The van der Waals surface area contributed by atoms with Crippen LogP contribution in [0.5, 0.6) is 11.5 Å². The third-order valence-corrected chi connectivity index (χ3v) is 12.5. The fourth-order valence-electron chi connectivity index (χ4n) is 8.64. The van der Waals surface area contributed by atoms with Crippen molar-refractivity contribution in [2.45, 2.75) is 44.6 Å². The Labute approximate surface area is 362 Å². The number of fused-ring (bicyclic) bond motifs is 6. The molecule has 0 radical (unpaired) electrons. The molecular weight excluding hydrogens is 860 g/mol. The molecule has 3 aliphatic heterocycles. The van der Waals surface area contributed by atoms with E-state index >= 15 is 0 Å². The van der Waals surface area contributed by atoms with Gasteiger partial charge in [0.1, 0.15) is 22.9 Å². The Hall–Kier alpha value is -5.44. The van der Waals surface area contributed by atoms with Crippen LogP contribution in [0.15, 0.2) is 84.9 Å². The number of carbonyl (C=O) groups is 5. The molecule has 4 heterocycles. The zero-order valence-electron chi connectivity index (χ0n) is 33.1. The molecule has 5 N–H and O–H groups in total. The van der Waals surface area contributed by atoms with E-state index in [0.29, 0.717) is 54.4 Å². The molecule has 19 heteroatoms. The van der Waals surface area contributed by atoms with Crippen LogP contribution in [0.3, 0.4) is 0 Å². The van der Waals surface area contributed by atoms with Gasteiger partial charge in [-0.15, -0.1) is 11.6 Å². The Morgan fingerprint density at radius 2 is 1.31 bits per heavy atom. The van der Waals surface area contributed by atoms with Gasteiger partial charge in [0.05, 0.1) is 11.4 Å². The number of nitrogens with zero attached hydrogens (tertiary/aromatic N) is 4.